The average molecular weight is 440 g/mol. The molecule has 4 rings (SSSR count). The first kappa shape index (κ1) is 19.9. The summed E-state index contributed by atoms with van der Waals surface area (Å²) in [6.07, 6.45) is 2.83. The van der Waals surface area contributed by atoms with Crippen LogP contribution in [0.2, 0.25) is 0 Å². The highest BCUT2D eigenvalue weighted by atomic mass is 32.2. The summed E-state index contributed by atoms with van der Waals surface area (Å²) < 4.78 is 24.8. The van der Waals surface area contributed by atoms with Crippen LogP contribution in [0.1, 0.15) is 16.2 Å². The monoisotopic (exact) mass is 439 g/mol. The molecule has 3 aromatic heterocycles. The molecule has 4 aromatic rings. The highest BCUT2D eigenvalue weighted by molar-refractivity contribution is 7.90. The molecule has 0 aliphatic carbocycles. The second-order valence-corrected chi connectivity index (χ2v) is 9.43. The molecule has 0 bridgehead atoms. The van der Waals surface area contributed by atoms with Gasteiger partial charge in [-0.15, -0.1) is 11.3 Å². The summed E-state index contributed by atoms with van der Waals surface area (Å²) in [5.41, 5.74) is 2.95. The van der Waals surface area contributed by atoms with Crippen LogP contribution in [-0.4, -0.2) is 40.3 Å². The summed E-state index contributed by atoms with van der Waals surface area (Å²) in [7, 11) is -3.31. The van der Waals surface area contributed by atoms with E-state index in [-0.39, 0.29) is 10.8 Å². The number of anilines is 1. The van der Waals surface area contributed by atoms with Gasteiger partial charge in [-0.3, -0.25) is 15.1 Å². The number of thiazole rings is 1. The molecule has 8 nitrogen and oxygen atoms in total. The number of amides is 1. The van der Waals surface area contributed by atoms with E-state index in [1.165, 1.54) is 28.2 Å². The van der Waals surface area contributed by atoms with Crippen LogP contribution in [0.3, 0.4) is 0 Å². The Morgan fingerprint density at radius 2 is 1.87 bits per heavy atom. The van der Waals surface area contributed by atoms with Gasteiger partial charge in [0.1, 0.15) is 11.4 Å². The normalized spacial score (nSPS) is 11.4. The molecule has 0 atom stereocenters. The summed E-state index contributed by atoms with van der Waals surface area (Å²) in [6, 6.07) is 13.4. The Kier molecular flexibility index (Phi) is 5.18. The molecule has 0 radical (unpaired) electrons. The van der Waals surface area contributed by atoms with Crippen LogP contribution < -0.4 is 5.32 Å². The van der Waals surface area contributed by atoms with Crippen molar-refractivity contribution in [3.8, 4) is 17.1 Å². The van der Waals surface area contributed by atoms with Crippen molar-refractivity contribution in [2.75, 3.05) is 11.6 Å². The lowest BCUT2D eigenvalue weighted by atomic mass is 10.3. The van der Waals surface area contributed by atoms with Crippen molar-refractivity contribution < 1.29 is 13.2 Å². The van der Waals surface area contributed by atoms with Crippen molar-refractivity contribution in [3.05, 3.63) is 71.5 Å². The number of nitrogens with one attached hydrogen (secondary N) is 1. The van der Waals surface area contributed by atoms with E-state index in [1.807, 2.05) is 23.6 Å². The van der Waals surface area contributed by atoms with E-state index < -0.39 is 9.84 Å². The Bertz CT molecular complexity index is 1310. The topological polar surface area (TPSA) is 107 Å². The first-order valence-corrected chi connectivity index (χ1v) is 11.6. The van der Waals surface area contributed by atoms with Crippen LogP contribution >= 0.6 is 11.3 Å². The van der Waals surface area contributed by atoms with Gasteiger partial charge in [-0.25, -0.2) is 18.1 Å². The molecular weight excluding hydrogens is 422 g/mol. The number of hydrogen-bond acceptors (Lipinski definition) is 7. The first-order valence-electron chi connectivity index (χ1n) is 8.87. The highest BCUT2D eigenvalue weighted by Crippen LogP contribution is 2.24. The van der Waals surface area contributed by atoms with E-state index >= 15 is 0 Å². The third-order valence-corrected chi connectivity index (χ3v) is 6.11. The zero-order chi connectivity index (χ0) is 21.3. The van der Waals surface area contributed by atoms with Crippen molar-refractivity contribution >= 4 is 32.2 Å². The zero-order valence-corrected chi connectivity index (χ0v) is 17.7. The van der Waals surface area contributed by atoms with E-state index in [4.69, 9.17) is 0 Å². The van der Waals surface area contributed by atoms with E-state index in [1.54, 1.807) is 31.3 Å². The van der Waals surface area contributed by atoms with Gasteiger partial charge in [0.25, 0.3) is 5.91 Å². The summed E-state index contributed by atoms with van der Waals surface area (Å²) in [6.45, 7) is 1.78. The van der Waals surface area contributed by atoms with Crippen LogP contribution in [0.4, 0.5) is 5.13 Å². The molecule has 1 amide bonds. The maximum atomic E-state index is 12.9. The van der Waals surface area contributed by atoms with E-state index in [0.717, 1.165) is 11.9 Å². The van der Waals surface area contributed by atoms with Gasteiger partial charge in [0, 0.05) is 17.8 Å². The minimum Gasteiger partial charge on any atom is -0.296 e. The largest absolute Gasteiger partial charge is 0.296 e. The van der Waals surface area contributed by atoms with Crippen LogP contribution in [0.15, 0.2) is 65.0 Å². The second-order valence-electron chi connectivity index (χ2n) is 6.56. The smallest absolute Gasteiger partial charge is 0.276 e. The Morgan fingerprint density at radius 3 is 2.53 bits per heavy atom. The van der Waals surface area contributed by atoms with Crippen LogP contribution in [0, 0.1) is 6.92 Å². The van der Waals surface area contributed by atoms with Crippen LogP contribution in [-0.2, 0) is 9.84 Å². The maximum Gasteiger partial charge on any atom is 0.276 e. The number of aromatic nitrogens is 4. The number of sulfone groups is 1. The number of hydrogen-bond donors (Lipinski definition) is 1. The van der Waals surface area contributed by atoms with Gasteiger partial charge < -0.3 is 0 Å². The van der Waals surface area contributed by atoms with Gasteiger partial charge in [-0.2, -0.15) is 5.10 Å². The lowest BCUT2D eigenvalue weighted by Crippen LogP contribution is -2.17. The summed E-state index contributed by atoms with van der Waals surface area (Å²) in [5.74, 6) is -0.371. The SMILES string of the molecule is Cc1cc(C(=O)Nc2nc(-c3ccccn3)cs2)n(-c2ccc(S(C)(=O)=O)cc2)n1. The molecule has 0 spiro atoms. The molecule has 152 valence electrons. The van der Waals surface area contributed by atoms with Crippen LogP contribution in [0.5, 0.6) is 0 Å². The number of nitrogens with zero attached hydrogens (tertiary/aromatic N) is 4. The number of carbonyl (C=O) groups excluding carboxylic acids is 1. The highest BCUT2D eigenvalue weighted by Gasteiger charge is 2.18. The molecule has 3 heterocycles. The van der Waals surface area contributed by atoms with Gasteiger partial charge in [-0.1, -0.05) is 6.07 Å². The molecule has 1 aromatic carbocycles. The minimum absolute atomic E-state index is 0.200. The standard InChI is InChI=1S/C20H17N5O3S2/c1-13-11-18(25(24-13)14-6-8-15(9-7-14)30(2,27)28)19(26)23-20-22-17(12-29-20)16-5-3-4-10-21-16/h3-12H,1-2H3,(H,22,23,26). The fraction of sp³-hybridized carbons (Fsp3) is 0.100. The Morgan fingerprint density at radius 1 is 1.10 bits per heavy atom. The summed E-state index contributed by atoms with van der Waals surface area (Å²) in [5, 5.41) is 9.43. The fourth-order valence-electron chi connectivity index (χ4n) is 2.82. The van der Waals surface area contributed by atoms with Gasteiger partial charge in [0.15, 0.2) is 15.0 Å². The Balaban J connectivity index is 1.59. The second kappa shape index (κ2) is 7.81. The predicted molar refractivity (Wildman–Crippen MR) is 115 cm³/mol. The molecule has 1 N–H and O–H groups in total. The van der Waals surface area contributed by atoms with Crippen molar-refractivity contribution in [3.63, 3.8) is 0 Å². The quantitative estimate of drug-likeness (QED) is 0.511. The van der Waals surface area contributed by atoms with E-state index in [0.29, 0.717) is 27.9 Å². The molecule has 0 fully saturated rings. The fourth-order valence-corrected chi connectivity index (χ4v) is 4.15. The predicted octanol–water partition coefficient (Wildman–Crippen LogP) is 3.36. The molecule has 0 unspecified atom stereocenters. The zero-order valence-electron chi connectivity index (χ0n) is 16.1. The van der Waals surface area contributed by atoms with Gasteiger partial charge >= 0.3 is 0 Å². The minimum atomic E-state index is -3.31. The lowest BCUT2D eigenvalue weighted by molar-refractivity contribution is 0.101. The molecule has 0 saturated heterocycles. The Hall–Kier alpha value is -3.37. The summed E-state index contributed by atoms with van der Waals surface area (Å²) >= 11 is 1.30. The number of rotatable bonds is 5. The third-order valence-electron chi connectivity index (χ3n) is 4.23. The van der Waals surface area contributed by atoms with Crippen molar-refractivity contribution in [2.24, 2.45) is 0 Å². The molecule has 0 aliphatic rings. The van der Waals surface area contributed by atoms with Gasteiger partial charge in [-0.05, 0) is 49.4 Å². The molecule has 30 heavy (non-hydrogen) atoms. The molecular formula is C20H17N5O3S2. The Labute approximate surface area is 177 Å². The first-order chi connectivity index (χ1) is 14.3. The summed E-state index contributed by atoms with van der Waals surface area (Å²) in [4.78, 5) is 21.8. The third kappa shape index (κ3) is 4.14. The number of carbonyl (C=O) groups is 1. The average Bonchev–Trinajstić information content (AvgIpc) is 3.35. The van der Waals surface area contributed by atoms with Crippen LogP contribution in [0.25, 0.3) is 17.1 Å². The maximum absolute atomic E-state index is 12.9. The van der Waals surface area contributed by atoms with Crippen molar-refractivity contribution in [2.45, 2.75) is 11.8 Å². The molecule has 10 heteroatoms. The van der Waals surface area contributed by atoms with Gasteiger partial charge in [0.2, 0.25) is 0 Å². The number of aryl methyl sites for hydroxylation is 1. The molecule has 0 aliphatic heterocycles. The number of pyridine rings is 1. The number of benzene rings is 1. The van der Waals surface area contributed by atoms with Gasteiger partial charge in [0.05, 0.1) is 22.0 Å². The van der Waals surface area contributed by atoms with E-state index in [9.17, 15) is 13.2 Å². The van der Waals surface area contributed by atoms with E-state index in [2.05, 4.69) is 20.4 Å². The van der Waals surface area contributed by atoms with Crippen molar-refractivity contribution in [1.82, 2.24) is 19.7 Å². The lowest BCUT2D eigenvalue weighted by Gasteiger charge is -2.08. The molecule has 0 saturated carbocycles. The van der Waals surface area contributed by atoms with Crippen molar-refractivity contribution in [1.29, 1.82) is 0 Å².